The first-order valence-corrected chi connectivity index (χ1v) is 5.32. The third-order valence-corrected chi connectivity index (χ3v) is 2.94. The monoisotopic (exact) mass is 194 g/mol. The van der Waals surface area contributed by atoms with E-state index in [1.165, 1.54) is 12.2 Å². The van der Waals surface area contributed by atoms with E-state index in [1.54, 1.807) is 0 Å². The molecule has 2 heterocycles. The molecule has 1 aliphatic rings. The molecule has 0 bridgehead atoms. The second-order valence-electron chi connectivity index (χ2n) is 3.84. The van der Waals surface area contributed by atoms with Gasteiger partial charge in [0.1, 0.15) is 5.82 Å². The Morgan fingerprint density at radius 1 is 1.64 bits per heavy atom. The van der Waals surface area contributed by atoms with E-state index >= 15 is 0 Å². The number of aromatic nitrogens is 2. The van der Waals surface area contributed by atoms with Crippen LogP contribution in [0.1, 0.15) is 13.3 Å². The van der Waals surface area contributed by atoms with Gasteiger partial charge in [-0.15, -0.1) is 0 Å². The Labute approximate surface area is 84.7 Å². The summed E-state index contributed by atoms with van der Waals surface area (Å²) in [6, 6.07) is 2.09. The predicted octanol–water partition coefficient (Wildman–Crippen LogP) is 0.688. The van der Waals surface area contributed by atoms with Crippen LogP contribution in [0.15, 0.2) is 12.3 Å². The largest absolute Gasteiger partial charge is 0.356 e. The van der Waals surface area contributed by atoms with Crippen LogP contribution < -0.4 is 10.6 Å². The minimum absolute atomic E-state index is 0.662. The van der Waals surface area contributed by atoms with Crippen molar-refractivity contribution in [2.24, 2.45) is 11.7 Å². The Morgan fingerprint density at radius 2 is 2.50 bits per heavy atom. The molecule has 1 atom stereocenters. The van der Waals surface area contributed by atoms with E-state index < -0.39 is 0 Å². The summed E-state index contributed by atoms with van der Waals surface area (Å²) in [5.74, 6) is 1.90. The number of nitrogens with two attached hydrogens (primary N) is 1. The first-order chi connectivity index (χ1) is 6.85. The van der Waals surface area contributed by atoms with Gasteiger partial charge in [0.15, 0.2) is 0 Å². The third kappa shape index (κ3) is 1.62. The molecule has 2 rings (SSSR count). The van der Waals surface area contributed by atoms with Crippen LogP contribution in [-0.2, 0) is 6.54 Å². The molecule has 1 unspecified atom stereocenters. The molecular weight excluding hydrogens is 176 g/mol. The van der Waals surface area contributed by atoms with Gasteiger partial charge < -0.3 is 10.6 Å². The molecule has 0 aromatic carbocycles. The summed E-state index contributed by atoms with van der Waals surface area (Å²) in [4.78, 5) is 2.38. The zero-order valence-corrected chi connectivity index (χ0v) is 8.69. The molecule has 0 radical (unpaired) electrons. The second-order valence-corrected chi connectivity index (χ2v) is 3.84. The average molecular weight is 194 g/mol. The Kier molecular flexibility index (Phi) is 2.72. The molecule has 14 heavy (non-hydrogen) atoms. The van der Waals surface area contributed by atoms with Gasteiger partial charge in [0.25, 0.3) is 0 Å². The summed E-state index contributed by atoms with van der Waals surface area (Å²) in [6.45, 7) is 6.06. The van der Waals surface area contributed by atoms with E-state index in [0.29, 0.717) is 5.92 Å². The van der Waals surface area contributed by atoms with E-state index in [2.05, 4.69) is 23.0 Å². The van der Waals surface area contributed by atoms with Gasteiger partial charge in [-0.05, 0) is 25.8 Å². The Balaban J connectivity index is 2.09. The first-order valence-electron chi connectivity index (χ1n) is 5.32. The van der Waals surface area contributed by atoms with Gasteiger partial charge >= 0.3 is 0 Å². The molecule has 78 valence electrons. The number of rotatable bonds is 3. The fraction of sp³-hybridized carbons (Fsp3) is 0.700. The molecule has 1 aromatic rings. The van der Waals surface area contributed by atoms with Crippen molar-refractivity contribution < 1.29 is 0 Å². The maximum Gasteiger partial charge on any atom is 0.126 e. The number of hydrogen-bond acceptors (Lipinski definition) is 3. The van der Waals surface area contributed by atoms with E-state index in [-0.39, 0.29) is 0 Å². The van der Waals surface area contributed by atoms with Crippen LogP contribution in [0.3, 0.4) is 0 Å². The Hall–Kier alpha value is -1.03. The van der Waals surface area contributed by atoms with Crippen LogP contribution in [0.5, 0.6) is 0 Å². The highest BCUT2D eigenvalue weighted by atomic mass is 15.4. The molecule has 0 spiro atoms. The molecule has 1 aromatic heterocycles. The Bertz CT molecular complexity index is 294. The normalized spacial score (nSPS) is 21.9. The zero-order chi connectivity index (χ0) is 9.97. The van der Waals surface area contributed by atoms with E-state index in [0.717, 1.165) is 26.2 Å². The quantitative estimate of drug-likeness (QED) is 0.770. The number of hydrogen-bond donors (Lipinski definition) is 1. The molecular formula is C10H18N4. The smallest absolute Gasteiger partial charge is 0.126 e. The first kappa shape index (κ1) is 9.52. The number of anilines is 1. The summed E-state index contributed by atoms with van der Waals surface area (Å²) in [5, 5.41) is 4.27. The van der Waals surface area contributed by atoms with Crippen molar-refractivity contribution in [3.63, 3.8) is 0 Å². The van der Waals surface area contributed by atoms with Crippen LogP contribution in [-0.4, -0.2) is 29.4 Å². The highest BCUT2D eigenvalue weighted by Gasteiger charge is 2.23. The van der Waals surface area contributed by atoms with E-state index in [4.69, 9.17) is 5.73 Å². The predicted molar refractivity (Wildman–Crippen MR) is 57.3 cm³/mol. The zero-order valence-electron chi connectivity index (χ0n) is 8.69. The van der Waals surface area contributed by atoms with Gasteiger partial charge in [-0.1, -0.05) is 0 Å². The minimum atomic E-state index is 0.662. The van der Waals surface area contributed by atoms with Crippen LogP contribution in [0.4, 0.5) is 5.82 Å². The minimum Gasteiger partial charge on any atom is -0.356 e. The van der Waals surface area contributed by atoms with Crippen LogP contribution >= 0.6 is 0 Å². The van der Waals surface area contributed by atoms with Crippen molar-refractivity contribution >= 4 is 5.82 Å². The molecule has 2 N–H and O–H groups in total. The Morgan fingerprint density at radius 3 is 3.14 bits per heavy atom. The maximum atomic E-state index is 5.67. The van der Waals surface area contributed by atoms with Crippen molar-refractivity contribution in [3.05, 3.63) is 12.3 Å². The molecule has 1 saturated heterocycles. The highest BCUT2D eigenvalue weighted by Crippen LogP contribution is 2.22. The second kappa shape index (κ2) is 4.00. The SMILES string of the molecule is CCn1nccc1N1CCC(CN)C1. The van der Waals surface area contributed by atoms with Gasteiger partial charge in [-0.25, -0.2) is 0 Å². The third-order valence-electron chi connectivity index (χ3n) is 2.94. The van der Waals surface area contributed by atoms with Crippen LogP contribution in [0.2, 0.25) is 0 Å². The fourth-order valence-electron chi connectivity index (χ4n) is 2.07. The average Bonchev–Trinajstić information content (AvgIpc) is 2.85. The lowest BCUT2D eigenvalue weighted by Crippen LogP contribution is -2.24. The van der Waals surface area contributed by atoms with Crippen LogP contribution in [0, 0.1) is 5.92 Å². The van der Waals surface area contributed by atoms with Gasteiger partial charge in [-0.3, -0.25) is 4.68 Å². The summed E-state index contributed by atoms with van der Waals surface area (Å²) in [6.07, 6.45) is 3.08. The maximum absolute atomic E-state index is 5.67. The number of aryl methyl sites for hydroxylation is 1. The van der Waals surface area contributed by atoms with Gasteiger partial charge in [0.05, 0.1) is 6.20 Å². The van der Waals surface area contributed by atoms with Gasteiger partial charge in [0, 0.05) is 25.7 Å². The standard InChI is InChI=1S/C10H18N4/c1-2-14-10(3-5-12-14)13-6-4-9(7-11)8-13/h3,5,9H,2,4,6-8,11H2,1H3. The molecule has 1 fully saturated rings. The highest BCUT2D eigenvalue weighted by molar-refractivity contribution is 5.39. The van der Waals surface area contributed by atoms with Crippen molar-refractivity contribution in [1.29, 1.82) is 0 Å². The fourth-order valence-corrected chi connectivity index (χ4v) is 2.07. The molecule has 0 amide bonds. The molecule has 4 heteroatoms. The van der Waals surface area contributed by atoms with E-state index in [1.807, 2.05) is 10.9 Å². The summed E-state index contributed by atoms with van der Waals surface area (Å²) in [5.41, 5.74) is 5.67. The summed E-state index contributed by atoms with van der Waals surface area (Å²) in [7, 11) is 0. The lowest BCUT2D eigenvalue weighted by molar-refractivity contribution is 0.597. The van der Waals surface area contributed by atoms with Gasteiger partial charge in [0.2, 0.25) is 0 Å². The van der Waals surface area contributed by atoms with E-state index in [9.17, 15) is 0 Å². The van der Waals surface area contributed by atoms with Crippen molar-refractivity contribution in [2.45, 2.75) is 19.9 Å². The topological polar surface area (TPSA) is 47.1 Å². The molecule has 1 aliphatic heterocycles. The summed E-state index contributed by atoms with van der Waals surface area (Å²) >= 11 is 0. The lowest BCUT2D eigenvalue weighted by Gasteiger charge is -2.18. The molecule has 4 nitrogen and oxygen atoms in total. The summed E-state index contributed by atoms with van der Waals surface area (Å²) < 4.78 is 2.04. The lowest BCUT2D eigenvalue weighted by atomic mass is 10.1. The van der Waals surface area contributed by atoms with Crippen molar-refractivity contribution in [1.82, 2.24) is 9.78 Å². The van der Waals surface area contributed by atoms with Crippen molar-refractivity contribution in [2.75, 3.05) is 24.5 Å². The molecule has 0 saturated carbocycles. The van der Waals surface area contributed by atoms with Crippen molar-refractivity contribution in [3.8, 4) is 0 Å². The van der Waals surface area contributed by atoms with Crippen LogP contribution in [0.25, 0.3) is 0 Å². The van der Waals surface area contributed by atoms with Gasteiger partial charge in [-0.2, -0.15) is 5.10 Å². The number of nitrogens with zero attached hydrogens (tertiary/aromatic N) is 3. The molecule has 0 aliphatic carbocycles.